The highest BCUT2D eigenvalue weighted by atomic mass is 15.2. The minimum absolute atomic E-state index is 0.0228. The average molecular weight is 251 g/mol. The van der Waals surface area contributed by atoms with Crippen LogP contribution in [-0.4, -0.2) is 34.6 Å². The van der Waals surface area contributed by atoms with Gasteiger partial charge in [0.1, 0.15) is 18.0 Å². The second-order valence-electron chi connectivity index (χ2n) is 6.20. The highest BCUT2D eigenvalue weighted by Gasteiger charge is 2.20. The maximum Gasteiger partial charge on any atom is 0.134 e. The van der Waals surface area contributed by atoms with Gasteiger partial charge in [0.05, 0.1) is 0 Å². The van der Waals surface area contributed by atoms with Crippen LogP contribution >= 0.6 is 0 Å². The second-order valence-corrected chi connectivity index (χ2v) is 6.20. The largest absolute Gasteiger partial charge is 0.364 e. The molecule has 0 aromatic carbocycles. The van der Waals surface area contributed by atoms with Gasteiger partial charge in [-0.25, -0.2) is 9.97 Å². The van der Waals surface area contributed by atoms with Gasteiger partial charge in [0, 0.05) is 30.7 Å². The third kappa shape index (κ3) is 3.84. The van der Waals surface area contributed by atoms with Crippen LogP contribution in [0.1, 0.15) is 34.6 Å². The Morgan fingerprint density at radius 3 is 2.33 bits per heavy atom. The third-order valence-electron chi connectivity index (χ3n) is 2.98. The molecule has 0 aliphatic rings. The Morgan fingerprint density at radius 1 is 1.22 bits per heavy atom. The Bertz CT molecular complexity index is 395. The van der Waals surface area contributed by atoms with Crippen molar-refractivity contribution in [2.45, 2.75) is 45.7 Å². The van der Waals surface area contributed by atoms with Crippen LogP contribution in [0.15, 0.2) is 12.4 Å². The van der Waals surface area contributed by atoms with Gasteiger partial charge in [-0.15, -0.1) is 0 Å². The Kier molecular flexibility index (Phi) is 4.16. The van der Waals surface area contributed by atoms with Gasteiger partial charge in [-0.05, 0) is 34.6 Å². The van der Waals surface area contributed by atoms with Gasteiger partial charge in [-0.2, -0.15) is 0 Å². The lowest BCUT2D eigenvalue weighted by molar-refractivity contribution is 0.533. The van der Waals surface area contributed by atoms with Gasteiger partial charge >= 0.3 is 0 Å². The highest BCUT2D eigenvalue weighted by molar-refractivity contribution is 5.50. The molecule has 0 atom stereocenters. The van der Waals surface area contributed by atoms with E-state index in [4.69, 9.17) is 5.73 Å². The molecule has 5 nitrogen and oxygen atoms in total. The number of nitrogens with zero attached hydrogens (tertiary/aromatic N) is 3. The molecule has 1 aromatic heterocycles. The molecule has 0 unspecified atom stereocenters. The van der Waals surface area contributed by atoms with Crippen molar-refractivity contribution >= 4 is 11.6 Å². The van der Waals surface area contributed by atoms with Gasteiger partial charge in [0.25, 0.3) is 0 Å². The first-order valence-corrected chi connectivity index (χ1v) is 6.20. The van der Waals surface area contributed by atoms with Crippen molar-refractivity contribution in [2.75, 3.05) is 23.8 Å². The van der Waals surface area contributed by atoms with E-state index >= 15 is 0 Å². The van der Waals surface area contributed by atoms with E-state index in [1.54, 1.807) is 6.33 Å². The second kappa shape index (κ2) is 5.10. The van der Waals surface area contributed by atoms with E-state index in [1.807, 2.05) is 27.0 Å². The molecule has 1 rings (SSSR count). The normalized spacial score (nSPS) is 12.4. The molecule has 102 valence electrons. The summed E-state index contributed by atoms with van der Waals surface area (Å²) >= 11 is 0. The molecule has 18 heavy (non-hydrogen) atoms. The van der Waals surface area contributed by atoms with E-state index in [-0.39, 0.29) is 11.1 Å². The van der Waals surface area contributed by atoms with Crippen molar-refractivity contribution in [3.8, 4) is 0 Å². The van der Waals surface area contributed by atoms with E-state index in [0.29, 0.717) is 6.54 Å². The molecule has 0 saturated carbocycles. The Balaban J connectivity index is 2.93. The summed E-state index contributed by atoms with van der Waals surface area (Å²) in [6.07, 6.45) is 1.58. The monoisotopic (exact) mass is 251 g/mol. The fourth-order valence-electron chi connectivity index (χ4n) is 1.34. The van der Waals surface area contributed by atoms with Crippen LogP contribution in [0.4, 0.5) is 11.6 Å². The van der Waals surface area contributed by atoms with E-state index in [2.05, 4.69) is 41.0 Å². The summed E-state index contributed by atoms with van der Waals surface area (Å²) in [5.41, 5.74) is 5.55. The van der Waals surface area contributed by atoms with Gasteiger partial charge < -0.3 is 16.0 Å². The van der Waals surface area contributed by atoms with Crippen LogP contribution < -0.4 is 16.0 Å². The molecule has 1 heterocycles. The predicted molar refractivity (Wildman–Crippen MR) is 76.9 cm³/mol. The van der Waals surface area contributed by atoms with Crippen LogP contribution in [-0.2, 0) is 0 Å². The van der Waals surface area contributed by atoms with Crippen molar-refractivity contribution in [1.82, 2.24) is 9.97 Å². The minimum Gasteiger partial charge on any atom is -0.364 e. The summed E-state index contributed by atoms with van der Waals surface area (Å²) in [7, 11) is 2.03. The molecule has 3 N–H and O–H groups in total. The maximum atomic E-state index is 5.70. The lowest BCUT2D eigenvalue weighted by Crippen LogP contribution is -2.40. The van der Waals surface area contributed by atoms with Crippen LogP contribution in [0.2, 0.25) is 0 Å². The zero-order valence-electron chi connectivity index (χ0n) is 12.3. The summed E-state index contributed by atoms with van der Waals surface area (Å²) in [4.78, 5) is 10.7. The molecule has 0 amide bonds. The molecule has 5 heteroatoms. The molecule has 0 fully saturated rings. The summed E-state index contributed by atoms with van der Waals surface area (Å²) in [5.74, 6) is 1.69. The fourth-order valence-corrected chi connectivity index (χ4v) is 1.34. The number of hydrogen-bond donors (Lipinski definition) is 2. The summed E-state index contributed by atoms with van der Waals surface area (Å²) < 4.78 is 0. The highest BCUT2D eigenvalue weighted by Crippen LogP contribution is 2.22. The van der Waals surface area contributed by atoms with Gasteiger partial charge in [0.2, 0.25) is 0 Å². The number of rotatable bonds is 4. The SMILES string of the molecule is CN(c1cc(NC(C)(C)CN)ncn1)C(C)(C)C. The topological polar surface area (TPSA) is 67.1 Å². The average Bonchev–Trinajstić information content (AvgIpc) is 2.26. The summed E-state index contributed by atoms with van der Waals surface area (Å²) in [6, 6.07) is 1.95. The van der Waals surface area contributed by atoms with Crippen LogP contribution in [0.3, 0.4) is 0 Å². The van der Waals surface area contributed by atoms with E-state index < -0.39 is 0 Å². The molecule has 0 aliphatic carbocycles. The van der Waals surface area contributed by atoms with Crippen molar-refractivity contribution in [2.24, 2.45) is 5.73 Å². The van der Waals surface area contributed by atoms with Crippen LogP contribution in [0.5, 0.6) is 0 Å². The molecular weight excluding hydrogens is 226 g/mol. The van der Waals surface area contributed by atoms with E-state index in [9.17, 15) is 0 Å². The first kappa shape index (κ1) is 14.7. The quantitative estimate of drug-likeness (QED) is 0.855. The molecule has 1 aromatic rings. The number of aromatic nitrogens is 2. The van der Waals surface area contributed by atoms with Crippen molar-refractivity contribution < 1.29 is 0 Å². The van der Waals surface area contributed by atoms with Gasteiger partial charge in [-0.3, -0.25) is 0 Å². The third-order valence-corrected chi connectivity index (χ3v) is 2.98. The summed E-state index contributed by atoms with van der Waals surface area (Å²) in [5, 5.41) is 3.31. The minimum atomic E-state index is -0.175. The molecular formula is C13H25N5. The van der Waals surface area contributed by atoms with E-state index in [1.165, 1.54) is 0 Å². The Hall–Kier alpha value is -1.36. The zero-order valence-corrected chi connectivity index (χ0v) is 12.3. The van der Waals surface area contributed by atoms with Gasteiger partial charge in [-0.1, -0.05) is 0 Å². The van der Waals surface area contributed by atoms with Crippen molar-refractivity contribution in [1.29, 1.82) is 0 Å². The van der Waals surface area contributed by atoms with Crippen LogP contribution in [0, 0.1) is 0 Å². The first-order valence-electron chi connectivity index (χ1n) is 6.20. The fraction of sp³-hybridized carbons (Fsp3) is 0.692. The number of anilines is 2. The smallest absolute Gasteiger partial charge is 0.134 e. The number of hydrogen-bond acceptors (Lipinski definition) is 5. The van der Waals surface area contributed by atoms with Gasteiger partial charge in [0.15, 0.2) is 0 Å². The van der Waals surface area contributed by atoms with E-state index in [0.717, 1.165) is 11.6 Å². The number of nitrogens with two attached hydrogens (primary N) is 1. The Labute approximate surface area is 110 Å². The first-order chi connectivity index (χ1) is 8.15. The standard InChI is InChI=1S/C13H25N5/c1-12(2,3)18(6)11-7-10(15-9-16-11)17-13(4,5)8-14/h7,9H,8,14H2,1-6H3,(H,15,16,17). The van der Waals surface area contributed by atoms with Crippen molar-refractivity contribution in [3.05, 3.63) is 12.4 Å². The lowest BCUT2D eigenvalue weighted by atomic mass is 10.1. The molecule has 0 aliphatic heterocycles. The molecule has 0 radical (unpaired) electrons. The predicted octanol–water partition coefficient (Wildman–Crippen LogP) is 1.86. The Morgan fingerprint density at radius 2 is 1.83 bits per heavy atom. The molecule has 0 spiro atoms. The van der Waals surface area contributed by atoms with Crippen LogP contribution in [0.25, 0.3) is 0 Å². The summed E-state index contributed by atoms with van der Waals surface area (Å²) in [6.45, 7) is 11.1. The number of nitrogens with one attached hydrogen (secondary N) is 1. The maximum absolute atomic E-state index is 5.70. The lowest BCUT2D eigenvalue weighted by Gasteiger charge is -2.33. The molecule has 0 saturated heterocycles. The van der Waals surface area contributed by atoms with Crippen molar-refractivity contribution in [3.63, 3.8) is 0 Å². The zero-order chi connectivity index (χ0) is 14.0. The molecule has 0 bridgehead atoms.